The van der Waals surface area contributed by atoms with E-state index in [1.54, 1.807) is 25.3 Å². The van der Waals surface area contributed by atoms with E-state index in [4.69, 9.17) is 16.3 Å². The van der Waals surface area contributed by atoms with E-state index in [0.717, 1.165) is 5.56 Å². The Balaban J connectivity index is 1.87. The summed E-state index contributed by atoms with van der Waals surface area (Å²) in [7, 11) is 5.44. The van der Waals surface area contributed by atoms with Crippen molar-refractivity contribution in [2.45, 2.75) is 0 Å². The lowest BCUT2D eigenvalue weighted by Crippen LogP contribution is -2.13. The number of rotatable bonds is 8. The van der Waals surface area contributed by atoms with Gasteiger partial charge in [-0.1, -0.05) is 29.8 Å². The van der Waals surface area contributed by atoms with Gasteiger partial charge in [-0.25, -0.2) is 14.4 Å². The van der Waals surface area contributed by atoms with E-state index >= 15 is 0 Å². The predicted octanol–water partition coefficient (Wildman–Crippen LogP) is 5.90. The first-order chi connectivity index (χ1) is 17.4. The third-order valence-electron chi connectivity index (χ3n) is 5.34. The van der Waals surface area contributed by atoms with Crippen LogP contribution in [-0.4, -0.2) is 48.5 Å². The number of aromatic nitrogens is 2. The van der Waals surface area contributed by atoms with Gasteiger partial charge in [0.05, 0.1) is 23.0 Å². The lowest BCUT2D eigenvalue weighted by Gasteiger charge is -2.17. The molecule has 1 heterocycles. The molecule has 0 saturated heterocycles. The number of anilines is 3. The van der Waals surface area contributed by atoms with E-state index in [1.165, 1.54) is 24.5 Å². The molecule has 0 bridgehead atoms. The highest BCUT2D eigenvalue weighted by molar-refractivity contribution is 6.31. The molecule has 3 aromatic carbocycles. The number of carbonyl (C=O) groups excluding carboxylic acids is 1. The van der Waals surface area contributed by atoms with Crippen molar-refractivity contribution in [1.82, 2.24) is 14.9 Å². The Morgan fingerprint density at radius 2 is 1.97 bits per heavy atom. The van der Waals surface area contributed by atoms with Gasteiger partial charge in [0.2, 0.25) is 5.91 Å². The summed E-state index contributed by atoms with van der Waals surface area (Å²) in [6.07, 6.45) is 4.73. The second-order valence-electron chi connectivity index (χ2n) is 8.24. The molecule has 0 unspecified atom stereocenters. The Morgan fingerprint density at radius 3 is 2.72 bits per heavy atom. The van der Waals surface area contributed by atoms with Crippen LogP contribution in [-0.2, 0) is 4.79 Å². The highest BCUT2D eigenvalue weighted by Gasteiger charge is 2.17. The molecule has 4 rings (SSSR count). The minimum atomic E-state index is -0.515. The van der Waals surface area contributed by atoms with Crippen LogP contribution < -0.4 is 15.4 Å². The summed E-state index contributed by atoms with van der Waals surface area (Å²) in [5, 5.41) is 6.85. The molecule has 0 saturated carbocycles. The van der Waals surface area contributed by atoms with E-state index in [9.17, 15) is 9.18 Å². The summed E-state index contributed by atoms with van der Waals surface area (Å²) in [5.41, 5.74) is 3.28. The molecular formula is C27H25ClFN5O2. The molecule has 0 atom stereocenters. The highest BCUT2D eigenvalue weighted by atomic mass is 35.5. The SMILES string of the molecule is COc1cccc(-c2c(NC(=O)/C=C/CN(C)C)ccc3ncnc(Nc4ccc(F)c(Cl)c4)c23)c1. The summed E-state index contributed by atoms with van der Waals surface area (Å²) in [5.74, 6) is 0.347. The zero-order valence-electron chi connectivity index (χ0n) is 20.0. The van der Waals surface area contributed by atoms with Gasteiger partial charge in [-0.05, 0) is 62.1 Å². The van der Waals surface area contributed by atoms with E-state index < -0.39 is 5.82 Å². The van der Waals surface area contributed by atoms with Crippen molar-refractivity contribution < 1.29 is 13.9 Å². The lowest BCUT2D eigenvalue weighted by molar-refractivity contribution is -0.111. The zero-order chi connectivity index (χ0) is 25.7. The van der Waals surface area contributed by atoms with E-state index in [-0.39, 0.29) is 10.9 Å². The summed E-state index contributed by atoms with van der Waals surface area (Å²) >= 11 is 5.98. The molecule has 1 amide bonds. The number of nitrogens with one attached hydrogen (secondary N) is 2. The lowest BCUT2D eigenvalue weighted by atomic mass is 9.98. The van der Waals surface area contributed by atoms with Gasteiger partial charge >= 0.3 is 0 Å². The number of amides is 1. The number of likely N-dealkylation sites (N-methyl/N-ethyl adjacent to an activating group) is 1. The van der Waals surface area contributed by atoms with Crippen molar-refractivity contribution in [3.05, 3.63) is 83.9 Å². The quantitative estimate of drug-likeness (QED) is 0.290. The van der Waals surface area contributed by atoms with Crippen molar-refractivity contribution in [2.24, 2.45) is 0 Å². The van der Waals surface area contributed by atoms with Gasteiger partial charge in [0.1, 0.15) is 23.7 Å². The first-order valence-electron chi connectivity index (χ1n) is 11.1. The molecule has 0 aliphatic heterocycles. The molecule has 0 aliphatic rings. The van der Waals surface area contributed by atoms with Crippen LogP contribution in [0.25, 0.3) is 22.0 Å². The van der Waals surface area contributed by atoms with Gasteiger partial charge in [0.25, 0.3) is 0 Å². The average molecular weight is 506 g/mol. The minimum absolute atomic E-state index is 0.0103. The molecule has 0 fully saturated rings. The second kappa shape index (κ2) is 11.2. The fourth-order valence-corrected chi connectivity index (χ4v) is 3.87. The minimum Gasteiger partial charge on any atom is -0.497 e. The van der Waals surface area contributed by atoms with Gasteiger partial charge in [0, 0.05) is 29.6 Å². The molecule has 7 nitrogen and oxygen atoms in total. The fourth-order valence-electron chi connectivity index (χ4n) is 3.69. The molecular weight excluding hydrogens is 481 g/mol. The number of hydrogen-bond acceptors (Lipinski definition) is 6. The van der Waals surface area contributed by atoms with E-state index in [2.05, 4.69) is 20.6 Å². The zero-order valence-corrected chi connectivity index (χ0v) is 20.8. The smallest absolute Gasteiger partial charge is 0.248 e. The van der Waals surface area contributed by atoms with Crippen LogP contribution in [0.4, 0.5) is 21.6 Å². The van der Waals surface area contributed by atoms with Gasteiger partial charge in [-0.3, -0.25) is 4.79 Å². The first kappa shape index (κ1) is 25.1. The van der Waals surface area contributed by atoms with Crippen LogP contribution in [0.3, 0.4) is 0 Å². The number of hydrogen-bond donors (Lipinski definition) is 2. The van der Waals surface area contributed by atoms with Crippen LogP contribution in [0.5, 0.6) is 5.75 Å². The first-order valence-corrected chi connectivity index (χ1v) is 11.5. The number of methoxy groups -OCH3 is 1. The largest absolute Gasteiger partial charge is 0.497 e. The molecule has 4 aromatic rings. The molecule has 9 heteroatoms. The topological polar surface area (TPSA) is 79.4 Å². The summed E-state index contributed by atoms with van der Waals surface area (Å²) in [4.78, 5) is 23.6. The van der Waals surface area contributed by atoms with Gasteiger partial charge in [-0.2, -0.15) is 0 Å². The molecule has 0 aliphatic carbocycles. The van der Waals surface area contributed by atoms with Gasteiger partial charge < -0.3 is 20.3 Å². The second-order valence-corrected chi connectivity index (χ2v) is 8.65. The third-order valence-corrected chi connectivity index (χ3v) is 5.63. The molecule has 2 N–H and O–H groups in total. The monoisotopic (exact) mass is 505 g/mol. The Hall–Kier alpha value is -4.01. The number of carbonyl (C=O) groups is 1. The Kier molecular flexibility index (Phi) is 7.77. The molecule has 36 heavy (non-hydrogen) atoms. The average Bonchev–Trinajstić information content (AvgIpc) is 2.86. The Labute approximate surface area is 213 Å². The maximum Gasteiger partial charge on any atom is 0.248 e. The van der Waals surface area contributed by atoms with Crippen molar-refractivity contribution in [1.29, 1.82) is 0 Å². The van der Waals surface area contributed by atoms with Crippen LogP contribution in [0.1, 0.15) is 0 Å². The number of fused-ring (bicyclic) bond motifs is 1. The predicted molar refractivity (Wildman–Crippen MR) is 143 cm³/mol. The molecule has 0 radical (unpaired) electrons. The van der Waals surface area contributed by atoms with Crippen molar-refractivity contribution in [3.63, 3.8) is 0 Å². The van der Waals surface area contributed by atoms with Crippen LogP contribution in [0, 0.1) is 5.82 Å². The standard InChI is InChI=1S/C27H25ClFN5O2/c1-34(2)13-5-8-24(35)33-23-12-11-22-26(25(23)17-6-4-7-19(14-17)36-3)27(31-16-30-22)32-18-9-10-21(29)20(28)15-18/h4-12,14-16H,13H2,1-3H3,(H,33,35)(H,30,31,32)/b8-5+. The number of benzene rings is 3. The fraction of sp³-hybridized carbons (Fsp3) is 0.148. The Morgan fingerprint density at radius 1 is 1.14 bits per heavy atom. The van der Waals surface area contributed by atoms with Gasteiger partial charge in [-0.15, -0.1) is 0 Å². The van der Waals surface area contributed by atoms with Crippen LogP contribution in [0.15, 0.2) is 73.1 Å². The van der Waals surface area contributed by atoms with Crippen LogP contribution >= 0.6 is 11.6 Å². The van der Waals surface area contributed by atoms with E-state index in [1.807, 2.05) is 49.3 Å². The maximum absolute atomic E-state index is 13.7. The van der Waals surface area contributed by atoms with Crippen LogP contribution in [0.2, 0.25) is 5.02 Å². The van der Waals surface area contributed by atoms with Crippen molar-refractivity contribution in [3.8, 4) is 16.9 Å². The molecule has 0 spiro atoms. The van der Waals surface area contributed by atoms with E-state index in [0.29, 0.717) is 46.0 Å². The summed E-state index contributed by atoms with van der Waals surface area (Å²) in [6, 6.07) is 15.4. The number of nitrogens with zero attached hydrogens (tertiary/aromatic N) is 3. The normalized spacial score (nSPS) is 11.3. The maximum atomic E-state index is 13.7. The molecule has 184 valence electrons. The number of ether oxygens (including phenoxy) is 1. The van der Waals surface area contributed by atoms with Gasteiger partial charge in [0.15, 0.2) is 0 Å². The summed E-state index contributed by atoms with van der Waals surface area (Å²) in [6.45, 7) is 0.635. The summed E-state index contributed by atoms with van der Waals surface area (Å²) < 4.78 is 19.1. The van der Waals surface area contributed by atoms with Crippen molar-refractivity contribution >= 4 is 45.6 Å². The Bertz CT molecular complexity index is 1440. The highest BCUT2D eigenvalue weighted by Crippen LogP contribution is 2.40. The van der Waals surface area contributed by atoms with Crippen molar-refractivity contribution in [2.75, 3.05) is 38.4 Å². The number of halogens is 2. The molecule has 1 aromatic heterocycles. The third kappa shape index (κ3) is 5.79.